The standard InChI is InChI=1S/C26H36FN7O4/c1-10-12-23(24(27)13-14-34-17-22(37-26(34)36)16-33(9)31-28-6)21(11-2)15-29-18(3)19(4)30-38-20(5)25(35)32(7)8/h1,11-13,15,20,22H,3,14,16-17H2,2,4-9H3/b21-11+,23-12-,24-13+,29-15?,30-19+,31-28?. The molecule has 0 aromatic rings. The number of carbonyl (C=O) groups excluding carboxylic acids is 2. The Hall–Kier alpha value is -4.27. The maximum Gasteiger partial charge on any atom is 0.410 e. The van der Waals surface area contributed by atoms with Crippen LogP contribution in [0, 0.1) is 12.3 Å². The number of likely N-dealkylation sites (N-methyl/N-ethyl adjacent to an activating group) is 2. The topological polar surface area (TPSA) is 112 Å². The van der Waals surface area contributed by atoms with Crippen LogP contribution in [0.5, 0.6) is 0 Å². The van der Waals surface area contributed by atoms with Crippen LogP contribution in [0.25, 0.3) is 0 Å². The summed E-state index contributed by atoms with van der Waals surface area (Å²) in [6.07, 6.45) is 9.22. The van der Waals surface area contributed by atoms with E-state index in [9.17, 15) is 9.59 Å². The summed E-state index contributed by atoms with van der Waals surface area (Å²) in [6, 6.07) is 0. The predicted molar refractivity (Wildman–Crippen MR) is 145 cm³/mol. The van der Waals surface area contributed by atoms with Crippen LogP contribution in [0.3, 0.4) is 0 Å². The first-order valence-corrected chi connectivity index (χ1v) is 11.7. The highest BCUT2D eigenvalue weighted by Gasteiger charge is 2.31. The Balaban J connectivity index is 2.91. The van der Waals surface area contributed by atoms with Gasteiger partial charge < -0.3 is 19.4 Å². The van der Waals surface area contributed by atoms with E-state index < -0.39 is 24.1 Å². The quantitative estimate of drug-likeness (QED) is 0.119. The van der Waals surface area contributed by atoms with E-state index in [1.54, 1.807) is 53.0 Å². The zero-order valence-corrected chi connectivity index (χ0v) is 23.0. The smallest absolute Gasteiger partial charge is 0.410 e. The first kappa shape index (κ1) is 31.8. The number of halogens is 1. The van der Waals surface area contributed by atoms with Crippen molar-refractivity contribution in [1.29, 1.82) is 0 Å². The molecular formula is C26H36FN7O4. The summed E-state index contributed by atoms with van der Waals surface area (Å²) in [5.41, 5.74) is 1.07. The second kappa shape index (κ2) is 15.8. The highest BCUT2D eigenvalue weighted by atomic mass is 19.1. The normalized spacial score (nSPS) is 18.0. The second-order valence-electron chi connectivity index (χ2n) is 8.42. The highest BCUT2D eigenvalue weighted by Crippen LogP contribution is 2.21. The van der Waals surface area contributed by atoms with Gasteiger partial charge in [0.05, 0.1) is 25.8 Å². The van der Waals surface area contributed by atoms with Gasteiger partial charge in [0, 0.05) is 39.5 Å². The Bertz CT molecular complexity index is 1100. The Labute approximate surface area is 223 Å². The third kappa shape index (κ3) is 10.0. The molecule has 0 bridgehead atoms. The number of hydrogen-bond donors (Lipinski definition) is 0. The molecule has 11 nitrogen and oxygen atoms in total. The van der Waals surface area contributed by atoms with Gasteiger partial charge in [-0.3, -0.25) is 14.8 Å². The van der Waals surface area contributed by atoms with Gasteiger partial charge in [-0.25, -0.2) is 9.18 Å². The number of rotatable bonds is 13. The van der Waals surface area contributed by atoms with Crippen molar-refractivity contribution in [3.8, 4) is 12.3 Å². The van der Waals surface area contributed by atoms with Crippen molar-refractivity contribution in [2.24, 2.45) is 20.5 Å². The van der Waals surface area contributed by atoms with E-state index in [1.807, 2.05) is 0 Å². The molecule has 2 amide bonds. The molecule has 0 spiro atoms. The van der Waals surface area contributed by atoms with E-state index in [-0.39, 0.29) is 30.3 Å². The van der Waals surface area contributed by atoms with Crippen LogP contribution in [0.1, 0.15) is 20.8 Å². The van der Waals surface area contributed by atoms with E-state index in [0.29, 0.717) is 17.8 Å². The average Bonchev–Trinajstić information content (AvgIpc) is 3.22. The maximum atomic E-state index is 15.2. The molecule has 1 aliphatic heterocycles. The van der Waals surface area contributed by atoms with Gasteiger partial charge >= 0.3 is 6.09 Å². The number of carbonyl (C=O) groups is 2. The summed E-state index contributed by atoms with van der Waals surface area (Å²) >= 11 is 0. The van der Waals surface area contributed by atoms with Gasteiger partial charge in [-0.2, -0.15) is 5.11 Å². The third-order valence-corrected chi connectivity index (χ3v) is 5.17. The van der Waals surface area contributed by atoms with Crippen LogP contribution < -0.4 is 0 Å². The van der Waals surface area contributed by atoms with E-state index in [1.165, 1.54) is 35.2 Å². The van der Waals surface area contributed by atoms with Gasteiger partial charge in [0.2, 0.25) is 6.10 Å². The van der Waals surface area contributed by atoms with Crippen LogP contribution in [0.4, 0.5) is 9.18 Å². The largest absolute Gasteiger partial charge is 0.442 e. The Morgan fingerprint density at radius 3 is 2.68 bits per heavy atom. The first-order valence-electron chi connectivity index (χ1n) is 11.7. The SMILES string of the molecule is C#C/C=C(C(/C=NC(=C)/C(C)=N/OC(C)C(=O)N(C)C)=C/C)\C(F)=C/CN1CC(CN(C)N=NC)OC1=O. The number of terminal acetylenes is 1. The Morgan fingerprint density at radius 1 is 1.42 bits per heavy atom. The summed E-state index contributed by atoms with van der Waals surface area (Å²) in [7, 11) is 6.48. The number of oxime groups is 1. The van der Waals surface area contributed by atoms with Gasteiger partial charge in [0.25, 0.3) is 5.91 Å². The van der Waals surface area contributed by atoms with Gasteiger partial charge in [-0.15, -0.1) is 6.42 Å². The lowest BCUT2D eigenvalue weighted by atomic mass is 10.0. The lowest BCUT2D eigenvalue weighted by Crippen LogP contribution is -2.32. The monoisotopic (exact) mass is 529 g/mol. The molecule has 0 saturated carbocycles. The van der Waals surface area contributed by atoms with E-state index >= 15 is 4.39 Å². The van der Waals surface area contributed by atoms with E-state index in [0.717, 1.165) is 0 Å². The maximum absolute atomic E-state index is 15.2. The summed E-state index contributed by atoms with van der Waals surface area (Å²) in [5.74, 6) is 1.45. The molecular weight excluding hydrogens is 493 g/mol. The van der Waals surface area contributed by atoms with Gasteiger partial charge in [-0.1, -0.05) is 29.0 Å². The molecule has 0 aliphatic carbocycles. The van der Waals surface area contributed by atoms with Crippen molar-refractivity contribution in [2.75, 3.05) is 47.8 Å². The summed E-state index contributed by atoms with van der Waals surface area (Å²) in [4.78, 5) is 36.3. The molecule has 1 fully saturated rings. The third-order valence-electron chi connectivity index (χ3n) is 5.17. The predicted octanol–water partition coefficient (Wildman–Crippen LogP) is 3.55. The van der Waals surface area contributed by atoms with Crippen LogP contribution in [-0.2, 0) is 14.4 Å². The molecule has 2 atom stereocenters. The molecule has 38 heavy (non-hydrogen) atoms. The fourth-order valence-corrected chi connectivity index (χ4v) is 3.14. The fraction of sp³-hybridized carbons (Fsp3) is 0.462. The van der Waals surface area contributed by atoms with Crippen molar-refractivity contribution >= 4 is 23.9 Å². The molecule has 1 aliphatic rings. The molecule has 1 heterocycles. The molecule has 12 heteroatoms. The van der Waals surface area contributed by atoms with Crippen molar-refractivity contribution in [3.05, 3.63) is 47.5 Å². The van der Waals surface area contributed by atoms with Crippen molar-refractivity contribution in [2.45, 2.75) is 33.0 Å². The average molecular weight is 530 g/mol. The molecule has 0 aromatic carbocycles. The van der Waals surface area contributed by atoms with Crippen molar-refractivity contribution < 1.29 is 23.6 Å². The molecule has 206 valence electrons. The minimum atomic E-state index is -0.779. The molecule has 0 aromatic heterocycles. The summed E-state index contributed by atoms with van der Waals surface area (Å²) < 4.78 is 20.5. The van der Waals surface area contributed by atoms with Crippen LogP contribution in [0.2, 0.25) is 0 Å². The number of aliphatic imine (C=N–C) groups is 1. The van der Waals surface area contributed by atoms with Gasteiger partial charge in [-0.05, 0) is 38.5 Å². The lowest BCUT2D eigenvalue weighted by molar-refractivity contribution is -0.139. The number of nitrogens with zero attached hydrogens (tertiary/aromatic N) is 7. The molecule has 0 N–H and O–H groups in total. The molecule has 1 saturated heterocycles. The van der Waals surface area contributed by atoms with Crippen molar-refractivity contribution in [3.63, 3.8) is 0 Å². The second-order valence-corrected chi connectivity index (χ2v) is 8.42. The zero-order chi connectivity index (χ0) is 28.8. The lowest BCUT2D eigenvalue weighted by Gasteiger charge is -2.15. The van der Waals surface area contributed by atoms with Crippen LogP contribution >= 0.6 is 0 Å². The number of allylic oxidation sites excluding steroid dienone is 6. The minimum Gasteiger partial charge on any atom is -0.442 e. The zero-order valence-electron chi connectivity index (χ0n) is 23.0. The Kier molecular flexibility index (Phi) is 13.2. The minimum absolute atomic E-state index is 0.0180. The van der Waals surface area contributed by atoms with E-state index in [4.69, 9.17) is 16.0 Å². The highest BCUT2D eigenvalue weighted by molar-refractivity contribution is 6.00. The Morgan fingerprint density at radius 2 is 2.11 bits per heavy atom. The van der Waals surface area contributed by atoms with Crippen LogP contribution in [-0.4, -0.2) is 98.8 Å². The van der Waals surface area contributed by atoms with E-state index in [2.05, 4.69) is 33.0 Å². The fourth-order valence-electron chi connectivity index (χ4n) is 3.14. The van der Waals surface area contributed by atoms with Crippen LogP contribution in [0.15, 0.2) is 68.0 Å². The molecule has 0 radical (unpaired) electrons. The summed E-state index contributed by atoms with van der Waals surface area (Å²) in [6.45, 7) is 9.34. The molecule has 2 unspecified atom stereocenters. The first-order chi connectivity index (χ1) is 17.9. The molecule has 1 rings (SSSR count). The number of cyclic esters (lactones) is 1. The number of ether oxygens (including phenoxy) is 1. The summed E-state index contributed by atoms with van der Waals surface area (Å²) in [5, 5.41) is 13.0. The number of hydrogen-bond acceptors (Lipinski definition) is 8. The van der Waals surface area contributed by atoms with Crippen molar-refractivity contribution in [1.82, 2.24) is 14.8 Å². The van der Waals surface area contributed by atoms with Gasteiger partial charge in [0.15, 0.2) is 0 Å². The van der Waals surface area contributed by atoms with Gasteiger partial charge in [0.1, 0.15) is 17.6 Å². The number of amides is 2.